The van der Waals surface area contributed by atoms with E-state index in [1.807, 2.05) is 12.1 Å². The molecule has 1 radical (unpaired) electrons. The summed E-state index contributed by atoms with van der Waals surface area (Å²) < 4.78 is 6.06. The third-order valence-corrected chi connectivity index (χ3v) is 3.27. The molecule has 14 heavy (non-hydrogen) atoms. The van der Waals surface area contributed by atoms with Crippen LogP contribution in [0.25, 0.3) is 0 Å². The van der Waals surface area contributed by atoms with Crippen LogP contribution in [0.5, 0.6) is 5.75 Å². The van der Waals surface area contributed by atoms with Crippen LogP contribution in [0.1, 0.15) is 18.4 Å². The van der Waals surface area contributed by atoms with E-state index in [0.29, 0.717) is 0 Å². The molecule has 1 fully saturated rings. The maximum Gasteiger partial charge on any atom is 0.124 e. The van der Waals surface area contributed by atoms with Crippen LogP contribution >= 0.6 is 0 Å². The molecule has 1 N–H and O–H groups in total. The van der Waals surface area contributed by atoms with Crippen molar-refractivity contribution in [3.05, 3.63) is 29.8 Å². The molecule has 3 rings (SSSR count). The number of fused-ring (bicyclic) bond motifs is 1. The Morgan fingerprint density at radius 3 is 3.00 bits per heavy atom. The van der Waals surface area contributed by atoms with Gasteiger partial charge < -0.3 is 10.1 Å². The Morgan fingerprint density at radius 2 is 2.21 bits per heavy atom. The maximum absolute atomic E-state index is 6.06. The zero-order chi connectivity index (χ0) is 9.43. The minimum absolute atomic E-state index is 0.1000. The molecule has 0 bridgehead atoms. The summed E-state index contributed by atoms with van der Waals surface area (Å²) in [5, 5.41) is 3.37. The molecule has 73 valence electrons. The molecule has 1 aromatic rings. The van der Waals surface area contributed by atoms with Gasteiger partial charge in [0, 0.05) is 6.42 Å². The second-order valence-electron chi connectivity index (χ2n) is 4.25. The monoisotopic (exact) mass is 188 g/mol. The Bertz CT molecular complexity index is 315. The summed E-state index contributed by atoms with van der Waals surface area (Å²) in [5.41, 5.74) is 1.45. The van der Waals surface area contributed by atoms with E-state index in [9.17, 15) is 0 Å². The van der Waals surface area contributed by atoms with Crippen molar-refractivity contribution in [2.24, 2.45) is 0 Å². The Balaban J connectivity index is 1.89. The molecular formula is C12H14NO. The van der Waals surface area contributed by atoms with E-state index in [2.05, 4.69) is 17.4 Å². The lowest BCUT2D eigenvalue weighted by atomic mass is 9.88. The maximum atomic E-state index is 6.06. The van der Waals surface area contributed by atoms with E-state index in [0.717, 1.165) is 38.1 Å². The zero-order valence-electron chi connectivity index (χ0n) is 8.18. The van der Waals surface area contributed by atoms with Crippen LogP contribution < -0.4 is 10.1 Å². The standard InChI is InChI=1S/C12H14NO/c1-2-4-11-10(3-1)9-12(14-11)5-7-13-8-6-12/h1,3-4,13H,5-9H2. The molecule has 2 aliphatic heterocycles. The van der Waals surface area contributed by atoms with Gasteiger partial charge in [-0.2, -0.15) is 0 Å². The van der Waals surface area contributed by atoms with E-state index in [1.54, 1.807) is 0 Å². The molecule has 0 aliphatic carbocycles. The summed E-state index contributed by atoms with van der Waals surface area (Å²) in [6.45, 7) is 2.16. The third-order valence-electron chi connectivity index (χ3n) is 3.27. The molecule has 1 spiro atoms. The molecule has 2 aliphatic rings. The van der Waals surface area contributed by atoms with Crippen molar-refractivity contribution in [2.75, 3.05) is 13.1 Å². The summed E-state index contributed by atoms with van der Waals surface area (Å²) in [5.74, 6) is 1.05. The summed E-state index contributed by atoms with van der Waals surface area (Å²) >= 11 is 0. The molecule has 1 aromatic carbocycles. The topological polar surface area (TPSA) is 21.3 Å². The van der Waals surface area contributed by atoms with Gasteiger partial charge in [-0.1, -0.05) is 12.1 Å². The fraction of sp³-hybridized carbons (Fsp3) is 0.500. The van der Waals surface area contributed by atoms with Crippen molar-refractivity contribution >= 4 is 0 Å². The second-order valence-corrected chi connectivity index (χ2v) is 4.25. The minimum Gasteiger partial charge on any atom is -0.487 e. The van der Waals surface area contributed by atoms with Gasteiger partial charge in [0.25, 0.3) is 0 Å². The fourth-order valence-corrected chi connectivity index (χ4v) is 2.47. The zero-order valence-corrected chi connectivity index (χ0v) is 8.18. The highest BCUT2D eigenvalue weighted by Crippen LogP contribution is 2.39. The molecule has 0 saturated carbocycles. The average Bonchev–Trinajstić information content (AvgIpc) is 2.56. The van der Waals surface area contributed by atoms with Gasteiger partial charge >= 0.3 is 0 Å². The lowest BCUT2D eigenvalue weighted by molar-refractivity contribution is 0.0600. The first-order valence-corrected chi connectivity index (χ1v) is 5.27. The van der Waals surface area contributed by atoms with Crippen LogP contribution in [0.2, 0.25) is 0 Å². The third kappa shape index (κ3) is 1.22. The van der Waals surface area contributed by atoms with Gasteiger partial charge in [-0.3, -0.25) is 0 Å². The van der Waals surface area contributed by atoms with Gasteiger partial charge in [0.1, 0.15) is 11.4 Å². The first-order valence-electron chi connectivity index (χ1n) is 5.27. The van der Waals surface area contributed by atoms with E-state index >= 15 is 0 Å². The number of ether oxygens (including phenoxy) is 1. The lowest BCUT2D eigenvalue weighted by Gasteiger charge is -2.33. The second kappa shape index (κ2) is 2.99. The number of piperidine rings is 1. The molecule has 2 heteroatoms. The van der Waals surface area contributed by atoms with E-state index in [-0.39, 0.29) is 5.60 Å². The van der Waals surface area contributed by atoms with Crippen molar-refractivity contribution in [2.45, 2.75) is 24.9 Å². The van der Waals surface area contributed by atoms with Gasteiger partial charge in [0.15, 0.2) is 0 Å². The number of hydrogen-bond acceptors (Lipinski definition) is 2. The van der Waals surface area contributed by atoms with Gasteiger partial charge in [0.05, 0.1) is 0 Å². The number of benzene rings is 1. The highest BCUT2D eigenvalue weighted by Gasteiger charge is 2.39. The van der Waals surface area contributed by atoms with Crippen molar-refractivity contribution in [1.82, 2.24) is 5.32 Å². The van der Waals surface area contributed by atoms with Crippen LogP contribution in [0.3, 0.4) is 0 Å². The lowest BCUT2D eigenvalue weighted by Crippen LogP contribution is -2.45. The number of hydrogen-bond donors (Lipinski definition) is 1. The average molecular weight is 188 g/mol. The Kier molecular flexibility index (Phi) is 1.77. The predicted octanol–water partition coefficient (Wildman–Crippen LogP) is 1.54. The van der Waals surface area contributed by atoms with Crippen LogP contribution in [0, 0.1) is 6.07 Å². The van der Waals surface area contributed by atoms with E-state index in [4.69, 9.17) is 4.74 Å². The van der Waals surface area contributed by atoms with Gasteiger partial charge in [-0.05, 0) is 43.6 Å². The quantitative estimate of drug-likeness (QED) is 0.667. The summed E-state index contributed by atoms with van der Waals surface area (Å²) in [7, 11) is 0. The largest absolute Gasteiger partial charge is 0.487 e. The van der Waals surface area contributed by atoms with Crippen LogP contribution in [0.15, 0.2) is 18.2 Å². The SMILES string of the molecule is [c]1ccc2c(c1)OC1(CCNCC1)C2. The molecule has 0 aromatic heterocycles. The van der Waals surface area contributed by atoms with Crippen molar-refractivity contribution in [3.8, 4) is 5.75 Å². The smallest absolute Gasteiger partial charge is 0.124 e. The first kappa shape index (κ1) is 8.30. The molecule has 1 saturated heterocycles. The predicted molar refractivity (Wildman–Crippen MR) is 54.4 cm³/mol. The molecular weight excluding hydrogens is 174 g/mol. The molecule has 2 nitrogen and oxygen atoms in total. The number of rotatable bonds is 0. The summed E-state index contributed by atoms with van der Waals surface area (Å²) in [6, 6.07) is 9.14. The highest BCUT2D eigenvalue weighted by atomic mass is 16.5. The van der Waals surface area contributed by atoms with Gasteiger partial charge in [-0.25, -0.2) is 0 Å². The van der Waals surface area contributed by atoms with Gasteiger partial charge in [0.2, 0.25) is 0 Å². The molecule has 0 amide bonds. The van der Waals surface area contributed by atoms with Crippen LogP contribution in [0.4, 0.5) is 0 Å². The fourth-order valence-electron chi connectivity index (χ4n) is 2.47. The first-order chi connectivity index (χ1) is 6.88. The summed E-state index contributed by atoms with van der Waals surface area (Å²) in [4.78, 5) is 0. The Hall–Kier alpha value is -1.02. The minimum atomic E-state index is 0.1000. The Morgan fingerprint density at radius 1 is 1.36 bits per heavy atom. The van der Waals surface area contributed by atoms with Crippen molar-refractivity contribution < 1.29 is 4.74 Å². The normalized spacial score (nSPS) is 23.1. The molecule has 2 heterocycles. The van der Waals surface area contributed by atoms with E-state index in [1.165, 1.54) is 5.56 Å². The highest BCUT2D eigenvalue weighted by molar-refractivity contribution is 5.38. The van der Waals surface area contributed by atoms with Crippen LogP contribution in [-0.4, -0.2) is 18.7 Å². The van der Waals surface area contributed by atoms with Gasteiger partial charge in [-0.15, -0.1) is 0 Å². The van der Waals surface area contributed by atoms with E-state index < -0.39 is 0 Å². The van der Waals surface area contributed by atoms with Crippen molar-refractivity contribution in [1.29, 1.82) is 0 Å². The summed E-state index contributed by atoms with van der Waals surface area (Å²) in [6.07, 6.45) is 3.34. The molecule has 0 atom stereocenters. The molecule has 0 unspecified atom stereocenters. The number of nitrogens with one attached hydrogen (secondary N) is 1. The van der Waals surface area contributed by atoms with Crippen molar-refractivity contribution in [3.63, 3.8) is 0 Å². The van der Waals surface area contributed by atoms with Crippen LogP contribution in [-0.2, 0) is 6.42 Å². The Labute approximate surface area is 84.3 Å².